The van der Waals surface area contributed by atoms with Crippen molar-refractivity contribution >= 4 is 11.9 Å². The zero-order chi connectivity index (χ0) is 20.1. The van der Waals surface area contributed by atoms with Crippen LogP contribution in [-0.4, -0.2) is 43.0 Å². The number of carbonyl (C=O) groups is 2. The number of carbonyl (C=O) groups excluding carboxylic acids is 2. The summed E-state index contributed by atoms with van der Waals surface area (Å²) in [5.74, 6) is -1.28. The maximum atomic E-state index is 12.8. The Morgan fingerprint density at radius 2 is 1.59 bits per heavy atom. The van der Waals surface area contributed by atoms with Gasteiger partial charge in [0.25, 0.3) is 0 Å². The Hall–Kier alpha value is -1.31. The summed E-state index contributed by atoms with van der Waals surface area (Å²) in [7, 11) is 0. The van der Waals surface area contributed by atoms with Crippen LogP contribution in [0.3, 0.4) is 0 Å². The Morgan fingerprint density at radius 1 is 1.04 bits per heavy atom. The van der Waals surface area contributed by atoms with Gasteiger partial charge in [-0.3, -0.25) is 4.79 Å². The zero-order valence-corrected chi connectivity index (χ0v) is 15.7. The molecule has 8 heteroatoms. The number of aliphatic hydroxyl groups excluding tert-OH is 1. The first-order valence-corrected chi connectivity index (χ1v) is 9.41. The van der Waals surface area contributed by atoms with Gasteiger partial charge in [0, 0.05) is 12.0 Å². The van der Waals surface area contributed by atoms with E-state index in [0.29, 0.717) is 25.7 Å². The molecule has 4 saturated carbocycles. The quantitative estimate of drug-likeness (QED) is 0.703. The number of halogens is 3. The van der Waals surface area contributed by atoms with Crippen molar-refractivity contribution in [1.82, 2.24) is 0 Å². The molecule has 0 aromatic carbocycles. The number of hydrogen-bond donors (Lipinski definition) is 1. The van der Waals surface area contributed by atoms with Gasteiger partial charge in [-0.25, -0.2) is 4.79 Å². The van der Waals surface area contributed by atoms with E-state index in [1.165, 1.54) is 0 Å². The van der Waals surface area contributed by atoms with Crippen molar-refractivity contribution in [2.75, 3.05) is 19.8 Å². The Morgan fingerprint density at radius 3 is 2.11 bits per heavy atom. The van der Waals surface area contributed by atoms with Crippen molar-refractivity contribution in [2.24, 2.45) is 28.1 Å². The molecule has 0 aromatic rings. The van der Waals surface area contributed by atoms with Crippen LogP contribution in [0.2, 0.25) is 0 Å². The molecule has 27 heavy (non-hydrogen) atoms. The lowest BCUT2D eigenvalue weighted by Crippen LogP contribution is -2.55. The first-order valence-electron chi connectivity index (χ1n) is 9.41. The molecule has 4 aliphatic rings. The van der Waals surface area contributed by atoms with Gasteiger partial charge in [-0.1, -0.05) is 0 Å². The average Bonchev–Trinajstić information content (AvgIpc) is 2.55. The van der Waals surface area contributed by atoms with E-state index in [1.807, 2.05) is 0 Å². The predicted molar refractivity (Wildman–Crippen MR) is 88.4 cm³/mol. The smallest absolute Gasteiger partial charge is 0.404 e. The Kier molecular flexibility index (Phi) is 5.02. The summed E-state index contributed by atoms with van der Waals surface area (Å²) < 4.78 is 48.3. The topological polar surface area (TPSA) is 72.8 Å². The van der Waals surface area contributed by atoms with Crippen molar-refractivity contribution in [3.63, 3.8) is 0 Å². The molecule has 0 aliphatic heterocycles. The van der Waals surface area contributed by atoms with Crippen LogP contribution in [0.15, 0.2) is 0 Å². The number of alkyl halides is 3. The van der Waals surface area contributed by atoms with E-state index in [9.17, 15) is 27.9 Å². The van der Waals surface area contributed by atoms with E-state index in [4.69, 9.17) is 4.74 Å². The highest BCUT2D eigenvalue weighted by molar-refractivity contribution is 5.80. The summed E-state index contributed by atoms with van der Waals surface area (Å²) in [6.07, 6.45) is 1.11. The first kappa shape index (κ1) is 20.4. The lowest BCUT2D eigenvalue weighted by molar-refractivity contribution is -0.225. The monoisotopic (exact) mass is 392 g/mol. The highest BCUT2D eigenvalue weighted by Crippen LogP contribution is 2.65. The Balaban J connectivity index is 1.52. The fourth-order valence-electron chi connectivity index (χ4n) is 5.70. The number of rotatable bonds is 6. The van der Waals surface area contributed by atoms with Crippen LogP contribution in [0, 0.1) is 28.1 Å². The minimum absolute atomic E-state index is 0.0836. The molecular weight excluding hydrogens is 365 g/mol. The average molecular weight is 392 g/mol. The van der Waals surface area contributed by atoms with E-state index in [1.54, 1.807) is 0 Å². The molecule has 5 nitrogen and oxygen atoms in total. The van der Waals surface area contributed by atoms with Crippen molar-refractivity contribution in [3.05, 3.63) is 0 Å². The van der Waals surface area contributed by atoms with Gasteiger partial charge in [-0.05, 0) is 69.6 Å². The minimum Gasteiger partial charge on any atom is -0.463 e. The number of hydrogen-bond acceptors (Lipinski definition) is 5. The third-order valence-electron chi connectivity index (χ3n) is 6.72. The van der Waals surface area contributed by atoms with Crippen molar-refractivity contribution in [2.45, 2.75) is 58.5 Å². The van der Waals surface area contributed by atoms with Gasteiger partial charge < -0.3 is 14.6 Å². The summed E-state index contributed by atoms with van der Waals surface area (Å²) in [6, 6.07) is 0. The fourth-order valence-corrected chi connectivity index (χ4v) is 5.70. The Labute approximate surface area is 156 Å². The van der Waals surface area contributed by atoms with Gasteiger partial charge in [0.05, 0.1) is 6.61 Å². The van der Waals surface area contributed by atoms with Crippen LogP contribution >= 0.6 is 0 Å². The third kappa shape index (κ3) is 3.82. The molecule has 2 atom stereocenters. The van der Waals surface area contributed by atoms with Crippen molar-refractivity contribution in [3.8, 4) is 0 Å². The predicted octanol–water partition coefficient (Wildman–Crippen LogP) is 3.24. The van der Waals surface area contributed by atoms with Crippen LogP contribution in [0.1, 0.15) is 52.4 Å². The molecule has 1 N–H and O–H groups in total. The fraction of sp³-hybridized carbons (Fsp3) is 0.895. The molecule has 154 valence electrons. The second-order valence-electron chi connectivity index (χ2n) is 9.48. The van der Waals surface area contributed by atoms with Crippen LogP contribution < -0.4 is 0 Å². The van der Waals surface area contributed by atoms with Crippen molar-refractivity contribution < 1.29 is 37.3 Å². The lowest BCUT2D eigenvalue weighted by atomic mass is 9.44. The van der Waals surface area contributed by atoms with Gasteiger partial charge in [-0.2, -0.15) is 13.2 Å². The number of aliphatic hydroxyl groups is 1. The Bertz CT molecular complexity index is 599. The van der Waals surface area contributed by atoms with E-state index in [0.717, 1.165) is 38.5 Å². The van der Waals surface area contributed by atoms with Crippen LogP contribution in [0.25, 0.3) is 0 Å². The molecule has 0 spiro atoms. The summed E-state index contributed by atoms with van der Waals surface area (Å²) in [5.41, 5.74) is -2.93. The molecule has 4 bridgehead atoms. The van der Waals surface area contributed by atoms with Crippen LogP contribution in [-0.2, 0) is 19.1 Å². The standard InChI is InChI=1S/C19H27F3O5/c1-16(2,19(20,21)22)15(25)26-8-14(24)27-11-18-6-12-3-13(7-18)5-17(4-12,9-18)10-23/h12-13,23H,3-11H2,1-2H3. The van der Waals surface area contributed by atoms with E-state index in [-0.39, 0.29) is 24.0 Å². The SMILES string of the molecule is CC(C)(C(=O)OCC(=O)OCC12CC3CC(CC(CO)(C3)C1)C2)C(F)(F)F. The van der Waals surface area contributed by atoms with Gasteiger partial charge in [0.2, 0.25) is 0 Å². The molecule has 0 heterocycles. The minimum atomic E-state index is -4.76. The molecule has 4 aliphatic carbocycles. The summed E-state index contributed by atoms with van der Waals surface area (Å²) >= 11 is 0. The van der Waals surface area contributed by atoms with E-state index < -0.39 is 30.1 Å². The van der Waals surface area contributed by atoms with Crippen molar-refractivity contribution in [1.29, 1.82) is 0 Å². The molecule has 0 aromatic heterocycles. The second kappa shape index (κ2) is 6.64. The van der Waals surface area contributed by atoms with Crippen LogP contribution in [0.5, 0.6) is 0 Å². The maximum absolute atomic E-state index is 12.8. The molecule has 0 saturated heterocycles. The number of esters is 2. The largest absolute Gasteiger partial charge is 0.463 e. The normalized spacial score (nSPS) is 35.2. The van der Waals surface area contributed by atoms with Gasteiger partial charge in [0.1, 0.15) is 0 Å². The molecule has 4 fully saturated rings. The molecule has 4 rings (SSSR count). The van der Waals surface area contributed by atoms with Gasteiger partial charge >= 0.3 is 18.1 Å². The summed E-state index contributed by atoms with van der Waals surface area (Å²) in [6.45, 7) is 0.905. The highest BCUT2D eigenvalue weighted by atomic mass is 19.4. The highest BCUT2D eigenvalue weighted by Gasteiger charge is 2.58. The maximum Gasteiger partial charge on any atom is 0.404 e. The van der Waals surface area contributed by atoms with Gasteiger partial charge in [0.15, 0.2) is 12.0 Å². The number of ether oxygens (including phenoxy) is 2. The molecule has 2 unspecified atom stereocenters. The molecular formula is C19H27F3O5. The summed E-state index contributed by atoms with van der Waals surface area (Å²) in [4.78, 5) is 23.6. The second-order valence-corrected chi connectivity index (χ2v) is 9.48. The molecule has 0 amide bonds. The van der Waals surface area contributed by atoms with E-state index >= 15 is 0 Å². The third-order valence-corrected chi connectivity index (χ3v) is 6.72. The van der Waals surface area contributed by atoms with Crippen LogP contribution in [0.4, 0.5) is 13.2 Å². The summed E-state index contributed by atoms with van der Waals surface area (Å²) in [5, 5.41) is 9.85. The zero-order valence-electron chi connectivity index (χ0n) is 15.7. The van der Waals surface area contributed by atoms with E-state index in [2.05, 4.69) is 4.74 Å². The molecule has 0 radical (unpaired) electrons. The van der Waals surface area contributed by atoms with Gasteiger partial charge in [-0.15, -0.1) is 0 Å². The first-order chi connectivity index (χ1) is 12.4. The lowest BCUT2D eigenvalue weighted by Gasteiger charge is -2.61.